The van der Waals surface area contributed by atoms with Crippen LogP contribution in [0.4, 0.5) is 16.0 Å². The Morgan fingerprint density at radius 2 is 2.27 bits per heavy atom. The third-order valence-electron chi connectivity index (χ3n) is 2.00. The summed E-state index contributed by atoms with van der Waals surface area (Å²) in [6.07, 6.45) is 3.41. The Balaban J connectivity index is 2.29. The quantitative estimate of drug-likeness (QED) is 0.852. The second-order valence-corrected chi connectivity index (χ2v) is 3.55. The molecule has 0 spiro atoms. The van der Waals surface area contributed by atoms with Crippen molar-refractivity contribution < 1.29 is 4.39 Å². The van der Waals surface area contributed by atoms with Crippen LogP contribution < -0.4 is 5.32 Å². The number of halogens is 2. The van der Waals surface area contributed by atoms with Crippen LogP contribution in [0.1, 0.15) is 0 Å². The fourth-order valence-corrected chi connectivity index (χ4v) is 1.36. The van der Waals surface area contributed by atoms with Gasteiger partial charge in [-0.05, 0) is 18.2 Å². The molecule has 0 amide bonds. The van der Waals surface area contributed by atoms with Crippen LogP contribution in [-0.4, -0.2) is 9.55 Å². The highest BCUT2D eigenvalue weighted by molar-refractivity contribution is 6.30. The van der Waals surface area contributed by atoms with Crippen LogP contribution in [0.2, 0.25) is 5.02 Å². The highest BCUT2D eigenvalue weighted by Crippen LogP contribution is 2.21. The number of aromatic nitrogens is 2. The number of hydrogen-bond donors (Lipinski definition) is 1. The molecule has 1 aromatic heterocycles. The van der Waals surface area contributed by atoms with Gasteiger partial charge in [-0.1, -0.05) is 11.6 Å². The van der Waals surface area contributed by atoms with Gasteiger partial charge < -0.3 is 9.88 Å². The summed E-state index contributed by atoms with van der Waals surface area (Å²) in [4.78, 5) is 4.03. The maximum absolute atomic E-state index is 13.4. The Bertz CT molecular complexity index is 481. The molecule has 0 aliphatic heterocycles. The molecule has 0 aliphatic carbocycles. The summed E-state index contributed by atoms with van der Waals surface area (Å²) in [6.45, 7) is 0. The summed E-state index contributed by atoms with van der Waals surface area (Å²) in [5.74, 6) is 0.182. The fourth-order valence-electron chi connectivity index (χ4n) is 1.20. The third-order valence-corrected chi connectivity index (χ3v) is 2.23. The van der Waals surface area contributed by atoms with Crippen LogP contribution in [0.5, 0.6) is 0 Å². The Morgan fingerprint density at radius 1 is 1.47 bits per heavy atom. The molecule has 2 rings (SSSR count). The second-order valence-electron chi connectivity index (χ2n) is 3.11. The van der Waals surface area contributed by atoms with E-state index in [0.717, 1.165) is 0 Å². The highest BCUT2D eigenvalue weighted by Gasteiger charge is 2.05. The van der Waals surface area contributed by atoms with Gasteiger partial charge in [-0.15, -0.1) is 0 Å². The van der Waals surface area contributed by atoms with Gasteiger partial charge in [-0.25, -0.2) is 9.37 Å². The molecule has 2 aromatic rings. The Morgan fingerprint density at radius 3 is 2.87 bits per heavy atom. The van der Waals surface area contributed by atoms with E-state index in [2.05, 4.69) is 10.3 Å². The highest BCUT2D eigenvalue weighted by atomic mass is 35.5. The monoisotopic (exact) mass is 225 g/mol. The predicted octanol–water partition coefficient (Wildman–Crippen LogP) is 2.96. The van der Waals surface area contributed by atoms with Gasteiger partial charge in [0.05, 0.1) is 5.69 Å². The van der Waals surface area contributed by atoms with Crippen molar-refractivity contribution in [2.24, 2.45) is 7.05 Å². The van der Waals surface area contributed by atoms with Crippen LogP contribution in [0.3, 0.4) is 0 Å². The van der Waals surface area contributed by atoms with E-state index < -0.39 is 5.82 Å². The van der Waals surface area contributed by atoms with Crippen molar-refractivity contribution in [1.29, 1.82) is 0 Å². The lowest BCUT2D eigenvalue weighted by Crippen LogP contribution is -2.00. The molecular weight excluding hydrogens is 217 g/mol. The van der Waals surface area contributed by atoms with E-state index >= 15 is 0 Å². The number of nitrogens with one attached hydrogen (secondary N) is 1. The zero-order valence-corrected chi connectivity index (χ0v) is 8.79. The predicted molar refractivity (Wildman–Crippen MR) is 57.9 cm³/mol. The topological polar surface area (TPSA) is 29.9 Å². The number of imidazole rings is 1. The van der Waals surface area contributed by atoms with Crippen molar-refractivity contribution in [2.45, 2.75) is 0 Å². The first kappa shape index (κ1) is 9.98. The summed E-state index contributed by atoms with van der Waals surface area (Å²) in [5, 5.41) is 3.24. The van der Waals surface area contributed by atoms with Gasteiger partial charge in [0.25, 0.3) is 0 Å². The molecule has 0 unspecified atom stereocenters. The average Bonchev–Trinajstić information content (AvgIpc) is 2.57. The van der Waals surface area contributed by atoms with Gasteiger partial charge >= 0.3 is 0 Å². The van der Waals surface area contributed by atoms with Gasteiger partial charge in [-0.3, -0.25) is 0 Å². The molecule has 15 heavy (non-hydrogen) atoms. The molecule has 1 heterocycles. The van der Waals surface area contributed by atoms with Gasteiger partial charge in [-0.2, -0.15) is 0 Å². The van der Waals surface area contributed by atoms with Crippen molar-refractivity contribution in [1.82, 2.24) is 9.55 Å². The number of anilines is 2. The summed E-state index contributed by atoms with van der Waals surface area (Å²) in [7, 11) is 1.82. The Labute approximate surface area is 91.5 Å². The first-order valence-corrected chi connectivity index (χ1v) is 4.74. The lowest BCUT2D eigenvalue weighted by molar-refractivity contribution is 0.631. The van der Waals surface area contributed by atoms with Gasteiger partial charge in [0.1, 0.15) is 5.82 Å². The van der Waals surface area contributed by atoms with E-state index in [9.17, 15) is 4.39 Å². The molecule has 0 radical (unpaired) electrons. The molecule has 0 saturated carbocycles. The van der Waals surface area contributed by atoms with Crippen molar-refractivity contribution in [2.75, 3.05) is 5.32 Å². The fraction of sp³-hybridized carbons (Fsp3) is 0.100. The molecule has 1 N–H and O–H groups in total. The molecule has 0 saturated heterocycles. The van der Waals surface area contributed by atoms with Gasteiger partial charge in [0.2, 0.25) is 5.95 Å². The zero-order valence-electron chi connectivity index (χ0n) is 8.04. The lowest BCUT2D eigenvalue weighted by Gasteiger charge is -2.06. The zero-order chi connectivity index (χ0) is 10.8. The van der Waals surface area contributed by atoms with Crippen molar-refractivity contribution in [3.05, 3.63) is 41.4 Å². The molecule has 0 aliphatic rings. The smallest absolute Gasteiger partial charge is 0.207 e. The Kier molecular flexibility index (Phi) is 2.60. The maximum Gasteiger partial charge on any atom is 0.207 e. The second kappa shape index (κ2) is 3.90. The van der Waals surface area contributed by atoms with Crippen LogP contribution in [0.15, 0.2) is 30.6 Å². The van der Waals surface area contributed by atoms with E-state index in [0.29, 0.717) is 16.7 Å². The minimum absolute atomic E-state index is 0.355. The first-order valence-electron chi connectivity index (χ1n) is 4.36. The van der Waals surface area contributed by atoms with Crippen molar-refractivity contribution >= 4 is 23.2 Å². The summed E-state index contributed by atoms with van der Waals surface area (Å²) in [5.41, 5.74) is 0.355. The Hall–Kier alpha value is -1.55. The average molecular weight is 226 g/mol. The SMILES string of the molecule is Cn1ccnc1Nc1ccc(Cl)cc1F. The van der Waals surface area contributed by atoms with Crippen LogP contribution >= 0.6 is 11.6 Å². The van der Waals surface area contributed by atoms with Crippen LogP contribution in [0, 0.1) is 5.82 Å². The van der Waals surface area contributed by atoms with E-state index in [1.165, 1.54) is 6.07 Å². The number of hydrogen-bond acceptors (Lipinski definition) is 2. The molecule has 0 fully saturated rings. The van der Waals surface area contributed by atoms with Crippen molar-refractivity contribution in [3.63, 3.8) is 0 Å². The van der Waals surface area contributed by atoms with Crippen LogP contribution in [0.25, 0.3) is 0 Å². The van der Waals surface area contributed by atoms with E-state index in [4.69, 9.17) is 11.6 Å². The molecule has 78 valence electrons. The number of rotatable bonds is 2. The minimum atomic E-state index is -0.398. The number of aryl methyl sites for hydroxylation is 1. The number of nitrogens with zero attached hydrogens (tertiary/aromatic N) is 2. The van der Waals surface area contributed by atoms with Gasteiger partial charge in [0, 0.05) is 24.5 Å². The lowest BCUT2D eigenvalue weighted by atomic mass is 10.3. The normalized spacial score (nSPS) is 10.3. The number of benzene rings is 1. The summed E-state index contributed by atoms with van der Waals surface area (Å²) >= 11 is 5.64. The largest absolute Gasteiger partial charge is 0.323 e. The van der Waals surface area contributed by atoms with E-state index in [-0.39, 0.29) is 0 Å². The first-order chi connectivity index (χ1) is 7.16. The minimum Gasteiger partial charge on any atom is -0.323 e. The third kappa shape index (κ3) is 2.10. The molecular formula is C10H9ClFN3. The van der Waals surface area contributed by atoms with Gasteiger partial charge in [0.15, 0.2) is 0 Å². The van der Waals surface area contributed by atoms with Crippen molar-refractivity contribution in [3.8, 4) is 0 Å². The summed E-state index contributed by atoms with van der Waals surface area (Å²) < 4.78 is 15.1. The molecule has 5 heteroatoms. The molecule has 1 aromatic carbocycles. The molecule has 3 nitrogen and oxygen atoms in total. The molecule has 0 atom stereocenters. The van der Waals surface area contributed by atoms with Crippen LogP contribution in [-0.2, 0) is 7.05 Å². The summed E-state index contributed by atoms with van der Waals surface area (Å²) in [6, 6.07) is 4.45. The van der Waals surface area contributed by atoms with E-state index in [1.807, 2.05) is 7.05 Å². The van der Waals surface area contributed by atoms with E-state index in [1.54, 1.807) is 29.1 Å². The maximum atomic E-state index is 13.4. The standard InChI is InChI=1S/C10H9ClFN3/c1-15-5-4-13-10(15)14-9-3-2-7(11)6-8(9)12/h2-6H,1H3,(H,13,14). The molecule has 0 bridgehead atoms.